The molecule has 560 valence electrons. The number of aliphatic hydroxyl groups excluding tert-OH is 1. The fourth-order valence-corrected chi connectivity index (χ4v) is 19.1. The Kier molecular flexibility index (Phi) is 37.2. The Hall–Kier alpha value is -5.11. The Morgan fingerprint density at radius 2 is 0.822 bits per heavy atom. The second-order valence-corrected chi connectivity index (χ2v) is 36.8. The summed E-state index contributed by atoms with van der Waals surface area (Å²) in [6.45, 7) is 20.8. The molecular weight excluding hydrogens is 2100 g/mol. The van der Waals surface area contributed by atoms with Gasteiger partial charge in [-0.3, -0.25) is 20.7 Å². The average molecular weight is 2170 g/mol. The van der Waals surface area contributed by atoms with Gasteiger partial charge in [0.1, 0.15) is 44.4 Å². The third-order valence-electron chi connectivity index (χ3n) is 14.5. The zero-order valence-electron chi connectivity index (χ0n) is 58.9. The summed E-state index contributed by atoms with van der Waals surface area (Å²) in [6, 6.07) is 48.5. The Labute approximate surface area is 723 Å². The van der Waals surface area contributed by atoms with Gasteiger partial charge in [-0.2, -0.15) is 21.0 Å². The van der Waals surface area contributed by atoms with Crippen LogP contribution in [0.5, 0.6) is 0 Å². The number of nitriles is 4. The Balaban J connectivity index is 0.000000233. The number of aldehydes is 1. The molecule has 11 rings (SSSR count). The van der Waals surface area contributed by atoms with Crippen molar-refractivity contribution < 1.29 is 47.8 Å². The lowest BCUT2D eigenvalue weighted by Gasteiger charge is -2.32. The maximum Gasteiger partial charge on any atom is 0.495 e. The number of nitrogens with one attached hydrogen (secondary N) is 3. The highest BCUT2D eigenvalue weighted by Gasteiger charge is 2.52. The first-order chi connectivity index (χ1) is 50.3. The Bertz CT molecular complexity index is 4870. The number of alkyl halides is 1. The molecule has 3 aromatic heterocycles. The summed E-state index contributed by atoms with van der Waals surface area (Å²) in [5.41, 5.74) is 3.55. The van der Waals surface area contributed by atoms with E-state index in [4.69, 9.17) is 45.5 Å². The number of amides is 3. The van der Waals surface area contributed by atoms with Crippen LogP contribution in [0.2, 0.25) is 0 Å². The lowest BCUT2D eigenvalue weighted by atomic mass is 9.76. The molecule has 0 saturated carbocycles. The monoisotopic (exact) mass is 2160 g/mol. The van der Waals surface area contributed by atoms with Crippen molar-refractivity contribution in [3.63, 3.8) is 0 Å². The van der Waals surface area contributed by atoms with Crippen LogP contribution in [0.4, 0.5) is 29.4 Å². The topological polar surface area (TPSA) is 266 Å². The molecule has 0 aliphatic carbocycles. The van der Waals surface area contributed by atoms with E-state index in [1.54, 1.807) is 48.5 Å². The number of thiophene rings is 3. The van der Waals surface area contributed by atoms with Gasteiger partial charge in [0.25, 0.3) is 0 Å². The number of aliphatic hydroxyl groups is 1. The van der Waals surface area contributed by atoms with Crippen LogP contribution in [0.15, 0.2) is 172 Å². The van der Waals surface area contributed by atoms with E-state index in [1.807, 2.05) is 155 Å². The van der Waals surface area contributed by atoms with E-state index in [2.05, 4.69) is 200 Å². The van der Waals surface area contributed by atoms with Crippen LogP contribution in [0.25, 0.3) is 30.3 Å². The zero-order chi connectivity index (χ0) is 79.9. The van der Waals surface area contributed by atoms with Crippen LogP contribution in [0.1, 0.15) is 120 Å². The molecular formula is C75H67BBr10ClN7O10S3. The number of halogens is 11. The first-order valence-corrected chi connectivity index (χ1v) is 42.5. The zero-order valence-corrected chi connectivity index (χ0v) is 78.0. The van der Waals surface area contributed by atoms with Crippen LogP contribution in [0, 0.1) is 45.3 Å². The number of hydrogen-bond acceptors (Lipinski definition) is 17. The van der Waals surface area contributed by atoms with E-state index in [9.17, 15) is 35.0 Å². The van der Waals surface area contributed by atoms with Crippen LogP contribution < -0.4 is 21.4 Å². The number of anilines is 3. The molecule has 0 atom stereocenters. The van der Waals surface area contributed by atoms with Crippen molar-refractivity contribution in [2.75, 3.05) is 22.6 Å². The predicted octanol–water partition coefficient (Wildman–Crippen LogP) is 26.4. The number of fused-ring (bicyclic) bond motifs is 3. The van der Waals surface area contributed by atoms with E-state index in [0.29, 0.717) is 56.2 Å². The summed E-state index contributed by atoms with van der Waals surface area (Å²) in [6.07, 6.45) is -0.447. The minimum absolute atomic E-state index is 0.0575. The van der Waals surface area contributed by atoms with Gasteiger partial charge in [-0.15, -0.1) is 45.6 Å². The van der Waals surface area contributed by atoms with Crippen molar-refractivity contribution in [1.82, 2.24) is 0 Å². The fraction of sp³-hybridized carbons (Fsp3) is 0.253. The number of carbonyl (C=O) groups is 4. The van der Waals surface area contributed by atoms with Crippen molar-refractivity contribution in [1.29, 1.82) is 21.0 Å². The molecule has 107 heavy (non-hydrogen) atoms. The van der Waals surface area contributed by atoms with E-state index in [1.165, 1.54) is 34.0 Å². The fourth-order valence-electron chi connectivity index (χ4n) is 8.94. The van der Waals surface area contributed by atoms with Gasteiger partial charge in [0.2, 0.25) is 0 Å². The second-order valence-electron chi connectivity index (χ2n) is 24.9. The van der Waals surface area contributed by atoms with Crippen molar-refractivity contribution in [2.24, 2.45) is 0 Å². The number of benzene rings is 7. The minimum atomic E-state index is -0.624. The minimum Gasteiger partial charge on any atom is -0.450 e. The number of hydrogen-bond donors (Lipinski definition) is 4. The highest BCUT2D eigenvalue weighted by Crippen LogP contribution is 2.43. The molecule has 17 nitrogen and oxygen atoms in total. The van der Waals surface area contributed by atoms with Crippen LogP contribution in [-0.2, 0) is 42.4 Å². The summed E-state index contributed by atoms with van der Waals surface area (Å²) in [7, 11) is -0.593. The van der Waals surface area contributed by atoms with E-state index >= 15 is 0 Å². The van der Waals surface area contributed by atoms with Gasteiger partial charge in [-0.25, -0.2) is 14.4 Å². The largest absolute Gasteiger partial charge is 0.495 e. The molecule has 1 saturated heterocycles. The van der Waals surface area contributed by atoms with E-state index in [0.717, 1.165) is 103 Å². The summed E-state index contributed by atoms with van der Waals surface area (Å²) in [5.74, 6) is 0.530. The summed E-state index contributed by atoms with van der Waals surface area (Å²) < 4.78 is 39.7. The number of rotatable bonds is 9. The third-order valence-corrected chi connectivity index (χ3v) is 25.1. The first-order valence-electron chi connectivity index (χ1n) is 31.5. The van der Waals surface area contributed by atoms with Gasteiger partial charge in [0.05, 0.1) is 53.6 Å². The molecule has 10 aromatic rings. The molecule has 3 amide bonds. The number of nitrogens with zero attached hydrogens (tertiary/aromatic N) is 4. The molecule has 7 aromatic carbocycles. The highest BCUT2D eigenvalue weighted by molar-refractivity contribution is 9.12. The molecule has 32 heteroatoms. The molecule has 4 N–H and O–H groups in total. The maximum absolute atomic E-state index is 12.2. The predicted molar refractivity (Wildman–Crippen MR) is 469 cm³/mol. The van der Waals surface area contributed by atoms with E-state index < -0.39 is 47.8 Å². The van der Waals surface area contributed by atoms with Crippen LogP contribution in [0.3, 0.4) is 0 Å². The summed E-state index contributed by atoms with van der Waals surface area (Å²) in [4.78, 5) is 45.8. The number of ether oxygens (including phenoxy) is 3. The van der Waals surface area contributed by atoms with E-state index in [-0.39, 0.29) is 6.61 Å². The SMILES string of the molecule is CC(C)(C)OC(=O)Nc1sc2cccc(B3OC(C)(C)C(C)(C)O3)c2c1C#N.CC(C)(C)OC(=O)Nc1sc2cccc(Br)c2c1C#N.CCOC(=O)Nc1sc2cccc(Br)c2c1C#N.ClCc1c(Br)cccc1Br.N#CCc1c(Br)cccc1Br.O=Cc1c(Br)cccc1Br.OCc1c(Br)cccc1Br. The van der Waals surface area contributed by atoms with Crippen molar-refractivity contribution in [3.8, 4) is 24.3 Å². The standard InChI is InChI=1S/C20H25BN2O4S.C14H13BrN2O2S.C12H9BrN2O2S.C8H5Br2N.C7H5Br2Cl.C7H6Br2O.C7H4Br2O/c1-18(2,3)25-17(24)23-16-12(11-22)15-13(9-8-10-14(15)28-16)21-26-19(4,5)20(6,7)27-21;1-14(2,3)19-13(18)17-12-8(7-16)11-9(15)5-4-6-10(11)20-12;1-2-17-12(16)15-11-7(6-14)10-8(13)4-3-5-9(10)18-11;9-7-2-1-3-8(10)6(7)4-5-11;3*8-6-2-1-3-7(9)5(6)4-10/h8-10H,1-7H3,(H,23,24);4-6H,1-3H3,(H,17,18);3-5H,2H2,1H3,(H,15,16);1-3H,4H2;1-3H,4H2;1-3,10H,4H2;1-4H. The van der Waals surface area contributed by atoms with Crippen LogP contribution >= 0.6 is 205 Å². The Morgan fingerprint density at radius 3 is 1.13 bits per heavy atom. The lowest BCUT2D eigenvalue weighted by Crippen LogP contribution is -2.41. The molecule has 1 fully saturated rings. The quantitative estimate of drug-likeness (QED) is 0.0453. The van der Waals surface area contributed by atoms with Gasteiger partial charge in [0, 0.05) is 92.0 Å². The first kappa shape index (κ1) is 92.5. The molecule has 1 aliphatic rings. The average Bonchev–Trinajstić information content (AvgIpc) is 1.60. The van der Waals surface area contributed by atoms with Gasteiger partial charge >= 0.3 is 25.4 Å². The van der Waals surface area contributed by atoms with Gasteiger partial charge in [0.15, 0.2) is 6.29 Å². The van der Waals surface area contributed by atoms with Gasteiger partial charge in [-0.05, 0) is 172 Å². The summed E-state index contributed by atoms with van der Waals surface area (Å²) in [5, 5.41) is 57.4. The second kappa shape index (κ2) is 43.1. The number of carbonyl (C=O) groups excluding carboxylic acids is 4. The van der Waals surface area contributed by atoms with Crippen molar-refractivity contribution in [3.05, 3.63) is 211 Å². The molecule has 4 heterocycles. The maximum atomic E-state index is 12.2. The van der Waals surface area contributed by atoms with Crippen LogP contribution in [-0.4, -0.2) is 65.8 Å². The Morgan fingerprint density at radius 1 is 0.505 bits per heavy atom. The normalized spacial score (nSPS) is 12.2. The molecule has 0 bridgehead atoms. The smallest absolute Gasteiger partial charge is 0.450 e. The third kappa shape index (κ3) is 26.8. The van der Waals surface area contributed by atoms with Crippen molar-refractivity contribution >= 4 is 287 Å². The molecule has 1 aliphatic heterocycles. The molecule has 0 radical (unpaired) electrons. The summed E-state index contributed by atoms with van der Waals surface area (Å²) >= 11 is 43.2. The molecule has 0 unspecified atom stereocenters. The molecule has 0 spiro atoms. The van der Waals surface area contributed by atoms with Crippen molar-refractivity contribution in [2.45, 2.75) is 117 Å². The van der Waals surface area contributed by atoms with Gasteiger partial charge in [-0.1, -0.05) is 208 Å². The lowest BCUT2D eigenvalue weighted by molar-refractivity contribution is 0.00578. The highest BCUT2D eigenvalue weighted by atomic mass is 79.9. The van der Waals surface area contributed by atoms with Gasteiger partial charge < -0.3 is 28.6 Å².